The molecule has 3 N–H and O–H groups in total. The molecule has 0 fully saturated rings. The van der Waals surface area contributed by atoms with E-state index < -0.39 is 21.8 Å². The molecular weight excluding hydrogens is 442 g/mol. The quantitative estimate of drug-likeness (QED) is 0.499. The van der Waals surface area contributed by atoms with Gasteiger partial charge in [-0.15, -0.1) is 0 Å². The first-order chi connectivity index (χ1) is 15.8. The van der Waals surface area contributed by atoms with E-state index in [-0.39, 0.29) is 23.7 Å². The number of benzene rings is 2. The number of hydrogen-bond acceptors (Lipinski definition) is 5. The fourth-order valence-corrected chi connectivity index (χ4v) is 4.99. The summed E-state index contributed by atoms with van der Waals surface area (Å²) < 4.78 is 28.5. The van der Waals surface area contributed by atoms with Gasteiger partial charge >= 0.3 is 0 Å². The van der Waals surface area contributed by atoms with Crippen LogP contribution in [0.3, 0.4) is 0 Å². The van der Waals surface area contributed by atoms with Crippen molar-refractivity contribution in [3.63, 3.8) is 0 Å². The molecule has 9 nitrogen and oxygen atoms in total. The molecule has 33 heavy (non-hydrogen) atoms. The predicted molar refractivity (Wildman–Crippen MR) is 124 cm³/mol. The number of carbonyl (C=O) groups is 2. The lowest BCUT2D eigenvalue weighted by molar-refractivity contribution is -0.121. The molecule has 0 saturated heterocycles. The highest BCUT2D eigenvalue weighted by atomic mass is 32.2. The highest BCUT2D eigenvalue weighted by Crippen LogP contribution is 2.22. The van der Waals surface area contributed by atoms with E-state index in [0.717, 1.165) is 17.1 Å². The SMILES string of the molecule is Cc1cc(C(=O)NNC(=O)CCN=C2NS(=O)(=O)c3ccccc32)c(C)n1-c1ccccc1. The fourth-order valence-electron chi connectivity index (χ4n) is 3.74. The number of amides is 2. The van der Waals surface area contributed by atoms with Gasteiger partial charge < -0.3 is 4.57 Å². The first kappa shape index (κ1) is 22.3. The largest absolute Gasteiger partial charge is 0.318 e. The lowest BCUT2D eigenvalue weighted by Gasteiger charge is -2.10. The van der Waals surface area contributed by atoms with Crippen LogP contribution in [0.1, 0.15) is 33.7 Å². The highest BCUT2D eigenvalue weighted by Gasteiger charge is 2.30. The smallest absolute Gasteiger partial charge is 0.271 e. The molecular formula is C23H23N5O4S. The van der Waals surface area contributed by atoms with E-state index in [1.807, 2.05) is 48.7 Å². The number of nitrogens with one attached hydrogen (secondary N) is 3. The molecule has 1 aromatic heterocycles. The number of para-hydroxylation sites is 1. The van der Waals surface area contributed by atoms with Crippen LogP contribution in [0, 0.1) is 13.8 Å². The molecule has 4 rings (SSSR count). The Morgan fingerprint density at radius 3 is 2.45 bits per heavy atom. The molecule has 0 unspecified atom stereocenters. The molecule has 10 heteroatoms. The van der Waals surface area contributed by atoms with Crippen molar-refractivity contribution in [2.45, 2.75) is 25.2 Å². The Balaban J connectivity index is 1.35. The van der Waals surface area contributed by atoms with E-state index >= 15 is 0 Å². The van der Waals surface area contributed by atoms with Gasteiger partial charge in [0.2, 0.25) is 5.91 Å². The number of aromatic nitrogens is 1. The van der Waals surface area contributed by atoms with Crippen LogP contribution < -0.4 is 15.6 Å². The molecule has 3 aromatic rings. The molecule has 0 atom stereocenters. The summed E-state index contributed by atoms with van der Waals surface area (Å²) in [6, 6.07) is 17.9. The van der Waals surface area contributed by atoms with E-state index in [2.05, 4.69) is 20.6 Å². The number of fused-ring (bicyclic) bond motifs is 1. The number of rotatable bonds is 5. The normalized spacial score (nSPS) is 15.0. The Labute approximate surface area is 191 Å². The molecule has 0 saturated carbocycles. The predicted octanol–water partition coefficient (Wildman–Crippen LogP) is 1.98. The third kappa shape index (κ3) is 4.51. The molecule has 1 aliphatic rings. The van der Waals surface area contributed by atoms with Crippen molar-refractivity contribution in [3.05, 3.63) is 83.2 Å². The summed E-state index contributed by atoms with van der Waals surface area (Å²) in [7, 11) is -3.62. The van der Waals surface area contributed by atoms with Crippen molar-refractivity contribution in [1.82, 2.24) is 20.1 Å². The first-order valence-electron chi connectivity index (χ1n) is 10.3. The number of sulfonamides is 1. The third-order valence-corrected chi connectivity index (χ3v) is 6.67. The zero-order chi connectivity index (χ0) is 23.6. The van der Waals surface area contributed by atoms with Gasteiger partial charge in [-0.2, -0.15) is 0 Å². The molecule has 1 aliphatic heterocycles. The van der Waals surface area contributed by atoms with Gasteiger partial charge in [-0.25, -0.2) is 8.42 Å². The average molecular weight is 466 g/mol. The van der Waals surface area contributed by atoms with E-state index in [4.69, 9.17) is 0 Å². The molecule has 0 radical (unpaired) electrons. The summed E-state index contributed by atoms with van der Waals surface area (Å²) in [5.74, 6) is -0.670. The Hall–Kier alpha value is -3.92. The Morgan fingerprint density at radius 2 is 1.70 bits per heavy atom. The van der Waals surface area contributed by atoms with E-state index in [1.54, 1.807) is 24.3 Å². The van der Waals surface area contributed by atoms with Gasteiger partial charge in [0.05, 0.1) is 17.0 Å². The number of hydrazine groups is 1. The molecule has 2 heterocycles. The zero-order valence-electron chi connectivity index (χ0n) is 18.1. The highest BCUT2D eigenvalue weighted by molar-refractivity contribution is 7.90. The van der Waals surface area contributed by atoms with Crippen molar-refractivity contribution < 1.29 is 18.0 Å². The lowest BCUT2D eigenvalue weighted by Crippen LogP contribution is -2.42. The van der Waals surface area contributed by atoms with Crippen molar-refractivity contribution in [3.8, 4) is 5.69 Å². The maximum Gasteiger partial charge on any atom is 0.271 e. The van der Waals surface area contributed by atoms with E-state index in [1.165, 1.54) is 6.07 Å². The molecule has 0 spiro atoms. The summed E-state index contributed by atoms with van der Waals surface area (Å²) in [6.07, 6.45) is -0.0310. The number of hydrogen-bond donors (Lipinski definition) is 3. The van der Waals surface area contributed by atoms with Crippen LogP contribution in [-0.2, 0) is 14.8 Å². The first-order valence-corrected chi connectivity index (χ1v) is 11.8. The van der Waals surface area contributed by atoms with Crippen LogP contribution in [0.25, 0.3) is 5.69 Å². The van der Waals surface area contributed by atoms with Gasteiger partial charge in [0.1, 0.15) is 5.84 Å². The van der Waals surface area contributed by atoms with Crippen LogP contribution in [0.2, 0.25) is 0 Å². The number of carbonyl (C=O) groups excluding carboxylic acids is 2. The monoisotopic (exact) mass is 465 g/mol. The summed E-state index contributed by atoms with van der Waals surface area (Å²) in [6.45, 7) is 3.80. The molecule has 2 amide bonds. The van der Waals surface area contributed by atoms with Crippen LogP contribution in [0.15, 0.2) is 70.6 Å². The second-order valence-electron chi connectivity index (χ2n) is 7.54. The zero-order valence-corrected chi connectivity index (χ0v) is 18.9. The number of aryl methyl sites for hydroxylation is 1. The number of aliphatic imine (C=N–C) groups is 1. The standard InChI is InChI=1S/C23H23N5O4S/c1-15-14-19(16(2)28(15)17-8-4-3-5-9-17)23(30)26-25-21(29)12-13-24-22-18-10-6-7-11-20(18)33(31,32)27-22/h3-11,14H,12-13H2,1-2H3,(H,24,27)(H,25,29)(H,26,30). The Bertz CT molecular complexity index is 1360. The second kappa shape index (κ2) is 8.91. The third-order valence-electron chi connectivity index (χ3n) is 5.28. The van der Waals surface area contributed by atoms with Gasteiger partial charge in [0.15, 0.2) is 0 Å². The van der Waals surface area contributed by atoms with Crippen molar-refractivity contribution in [2.75, 3.05) is 6.54 Å². The lowest BCUT2D eigenvalue weighted by atomic mass is 10.2. The van der Waals surface area contributed by atoms with Crippen LogP contribution in [0.4, 0.5) is 0 Å². The summed E-state index contributed by atoms with van der Waals surface area (Å²) >= 11 is 0. The number of nitrogens with zero attached hydrogens (tertiary/aromatic N) is 2. The maximum absolute atomic E-state index is 12.6. The van der Waals surface area contributed by atoms with E-state index in [9.17, 15) is 18.0 Å². The topological polar surface area (TPSA) is 122 Å². The average Bonchev–Trinajstić information content (AvgIpc) is 3.25. The molecule has 2 aromatic carbocycles. The van der Waals surface area contributed by atoms with Gasteiger partial charge in [-0.3, -0.25) is 30.2 Å². The summed E-state index contributed by atoms with van der Waals surface area (Å²) in [5, 5.41) is 0. The second-order valence-corrected chi connectivity index (χ2v) is 9.19. The van der Waals surface area contributed by atoms with Crippen LogP contribution >= 0.6 is 0 Å². The van der Waals surface area contributed by atoms with Crippen molar-refractivity contribution >= 4 is 27.7 Å². The maximum atomic E-state index is 12.6. The molecule has 0 aliphatic carbocycles. The fraction of sp³-hybridized carbons (Fsp3) is 0.174. The number of amidine groups is 1. The van der Waals surface area contributed by atoms with E-state index in [0.29, 0.717) is 11.1 Å². The summed E-state index contributed by atoms with van der Waals surface area (Å²) in [4.78, 5) is 29.1. The molecule has 170 valence electrons. The van der Waals surface area contributed by atoms with Crippen molar-refractivity contribution in [1.29, 1.82) is 0 Å². The Morgan fingerprint density at radius 1 is 1.00 bits per heavy atom. The van der Waals surface area contributed by atoms with Gasteiger partial charge in [-0.1, -0.05) is 30.3 Å². The molecule has 0 bridgehead atoms. The minimum atomic E-state index is -3.62. The minimum absolute atomic E-state index is 0.0310. The minimum Gasteiger partial charge on any atom is -0.318 e. The Kier molecular flexibility index (Phi) is 6.01. The van der Waals surface area contributed by atoms with Crippen LogP contribution in [0.5, 0.6) is 0 Å². The van der Waals surface area contributed by atoms with Crippen molar-refractivity contribution in [2.24, 2.45) is 4.99 Å². The van der Waals surface area contributed by atoms with Gasteiger partial charge in [0, 0.05) is 29.1 Å². The van der Waals surface area contributed by atoms with Crippen LogP contribution in [-0.4, -0.2) is 37.2 Å². The summed E-state index contributed by atoms with van der Waals surface area (Å²) in [5.41, 5.74) is 8.32. The van der Waals surface area contributed by atoms with Gasteiger partial charge in [0.25, 0.3) is 15.9 Å². The van der Waals surface area contributed by atoms with Gasteiger partial charge in [-0.05, 0) is 44.2 Å².